The molecule has 2 aromatic rings. The van der Waals surface area contributed by atoms with E-state index in [1.54, 1.807) is 20.2 Å². The number of oxazole rings is 1. The van der Waals surface area contributed by atoms with Crippen LogP contribution in [0.4, 0.5) is 5.69 Å². The summed E-state index contributed by atoms with van der Waals surface area (Å²) in [6, 6.07) is 2.45. The predicted molar refractivity (Wildman–Crippen MR) is 130 cm³/mol. The number of hydrogen-bond donors (Lipinski definition) is 4. The Kier molecular flexibility index (Phi) is 5.54. The summed E-state index contributed by atoms with van der Waals surface area (Å²) in [7, 11) is 6.82. The van der Waals surface area contributed by atoms with Gasteiger partial charge >= 0.3 is 5.97 Å². The van der Waals surface area contributed by atoms with Crippen LogP contribution in [0.2, 0.25) is 0 Å². The van der Waals surface area contributed by atoms with Crippen LogP contribution in [0.5, 0.6) is 0 Å². The topological polar surface area (TPSA) is 165 Å². The Balaban J connectivity index is 1.77. The monoisotopic (exact) mass is 509 g/mol. The number of anilines is 1. The minimum atomic E-state index is -2.70. The number of carboxylic acids is 1. The molecule has 4 N–H and O–H groups in total. The number of aliphatic hydroxyl groups excluding tert-OH is 2. The van der Waals surface area contributed by atoms with Crippen molar-refractivity contribution in [2.24, 2.45) is 11.8 Å². The van der Waals surface area contributed by atoms with Gasteiger partial charge in [-0.3, -0.25) is 14.5 Å². The first-order chi connectivity index (χ1) is 17.4. The Hall–Kier alpha value is -3.96. The quantitative estimate of drug-likeness (QED) is 0.444. The second-order valence-electron chi connectivity index (χ2n) is 10.1. The number of fused-ring (bicyclic) bond motifs is 3. The number of allylic oxidation sites excluding steroid dienone is 1. The van der Waals surface area contributed by atoms with Gasteiger partial charge in [0.05, 0.1) is 12.2 Å². The van der Waals surface area contributed by atoms with Crippen LogP contribution < -0.4 is 4.90 Å². The zero-order chi connectivity index (χ0) is 27.0. The molecular formula is C26H27N3O8. The van der Waals surface area contributed by atoms with Crippen LogP contribution in [0.25, 0.3) is 11.5 Å². The van der Waals surface area contributed by atoms with Crippen LogP contribution in [0.3, 0.4) is 0 Å². The van der Waals surface area contributed by atoms with Crippen LogP contribution in [-0.4, -0.2) is 87.7 Å². The van der Waals surface area contributed by atoms with Gasteiger partial charge in [0.1, 0.15) is 23.4 Å². The van der Waals surface area contributed by atoms with Crippen LogP contribution >= 0.6 is 0 Å². The number of carboxylic acid groups (broad SMARTS) is 1. The molecule has 0 spiro atoms. The van der Waals surface area contributed by atoms with Crippen molar-refractivity contribution < 1.29 is 39.2 Å². The van der Waals surface area contributed by atoms with Gasteiger partial charge in [-0.2, -0.15) is 0 Å². The zero-order valence-corrected chi connectivity index (χ0v) is 20.7. The molecule has 0 amide bonds. The smallest absolute Gasteiger partial charge is 0.342 e. The Morgan fingerprint density at radius 2 is 1.86 bits per heavy atom. The summed E-state index contributed by atoms with van der Waals surface area (Å²) < 4.78 is 5.45. The second kappa shape index (κ2) is 8.29. The van der Waals surface area contributed by atoms with Crippen LogP contribution in [0.1, 0.15) is 22.3 Å². The number of hydrogen-bond acceptors (Lipinski definition) is 10. The highest BCUT2D eigenvalue weighted by Gasteiger charge is 2.63. The molecule has 1 aromatic carbocycles. The highest BCUT2D eigenvalue weighted by atomic mass is 16.4. The molecule has 0 bridgehead atoms. The second-order valence-corrected chi connectivity index (χ2v) is 10.1. The molecule has 0 aliphatic heterocycles. The molecule has 0 radical (unpaired) electrons. The van der Waals surface area contributed by atoms with E-state index in [2.05, 4.69) is 4.98 Å². The lowest BCUT2D eigenvalue weighted by molar-refractivity contribution is -0.151. The number of aliphatic carboxylic acids is 1. The van der Waals surface area contributed by atoms with Crippen molar-refractivity contribution in [3.05, 3.63) is 58.4 Å². The standard InChI is InChI=1S/C26H27N3O8/c1-28(2)15-6-5-12(24-27-7-8-37-24)17-13(15)9-11-10-14-19(29(3)4)21(31)18(25(34)35)23(33)26(14,36)22(32)16(11)20(17)30/h5-8,11,14,19,31-32,36H,9-10H2,1-4H3,(H,34,35)/t11-,14-,19-,26-/m0/s1. The maximum atomic E-state index is 14.1. The number of ketones is 2. The van der Waals surface area contributed by atoms with Gasteiger partial charge in [0.15, 0.2) is 11.4 Å². The largest absolute Gasteiger partial charge is 0.510 e. The number of aromatic nitrogens is 1. The Labute approximate surface area is 211 Å². The van der Waals surface area contributed by atoms with Crippen molar-refractivity contribution >= 4 is 23.2 Å². The maximum absolute atomic E-state index is 14.1. The fourth-order valence-electron chi connectivity index (χ4n) is 6.17. The van der Waals surface area contributed by atoms with Crippen molar-refractivity contribution in [3.63, 3.8) is 0 Å². The fourth-order valence-corrected chi connectivity index (χ4v) is 6.17. The van der Waals surface area contributed by atoms with Gasteiger partial charge in [-0.1, -0.05) is 0 Å². The van der Waals surface area contributed by atoms with Gasteiger partial charge < -0.3 is 29.7 Å². The fraction of sp³-hybridized carbons (Fsp3) is 0.385. The number of nitrogens with zero attached hydrogens (tertiary/aromatic N) is 3. The molecule has 1 heterocycles. The molecule has 0 saturated heterocycles. The lowest BCUT2D eigenvalue weighted by atomic mass is 9.58. The Morgan fingerprint density at radius 3 is 2.43 bits per heavy atom. The number of carbonyl (C=O) groups excluding carboxylic acids is 2. The molecule has 0 unspecified atom stereocenters. The van der Waals surface area contributed by atoms with Crippen molar-refractivity contribution in [3.8, 4) is 11.5 Å². The lowest BCUT2D eigenvalue weighted by Crippen LogP contribution is -2.63. The van der Waals surface area contributed by atoms with Crippen molar-refractivity contribution in [2.45, 2.75) is 24.5 Å². The van der Waals surface area contributed by atoms with Crippen molar-refractivity contribution in [1.29, 1.82) is 0 Å². The summed E-state index contributed by atoms with van der Waals surface area (Å²) >= 11 is 0. The average Bonchev–Trinajstić information content (AvgIpc) is 3.35. The van der Waals surface area contributed by atoms with Crippen molar-refractivity contribution in [2.75, 3.05) is 33.1 Å². The molecule has 11 nitrogen and oxygen atoms in total. The highest BCUT2D eigenvalue weighted by molar-refractivity contribution is 6.23. The Morgan fingerprint density at radius 1 is 1.16 bits per heavy atom. The summed E-state index contributed by atoms with van der Waals surface area (Å²) in [6.45, 7) is 0. The van der Waals surface area contributed by atoms with Gasteiger partial charge in [0.2, 0.25) is 11.7 Å². The molecule has 5 rings (SSSR count). The van der Waals surface area contributed by atoms with Gasteiger partial charge in [0.25, 0.3) is 0 Å². The van der Waals surface area contributed by atoms with Crippen LogP contribution in [0, 0.1) is 11.8 Å². The molecule has 194 valence electrons. The molecule has 0 fully saturated rings. The number of likely N-dealkylation sites (N-methyl/N-ethyl adjacent to an activating group) is 1. The summed E-state index contributed by atoms with van der Waals surface area (Å²) in [5.41, 5.74) is -1.75. The minimum Gasteiger partial charge on any atom is -0.510 e. The van der Waals surface area contributed by atoms with Crippen LogP contribution in [0.15, 0.2) is 51.7 Å². The van der Waals surface area contributed by atoms with E-state index < -0.39 is 58.1 Å². The summed E-state index contributed by atoms with van der Waals surface area (Å²) in [4.78, 5) is 46.8. The highest BCUT2D eigenvalue weighted by Crippen LogP contribution is 2.53. The lowest BCUT2D eigenvalue weighted by Gasteiger charge is -2.50. The van der Waals surface area contributed by atoms with Gasteiger partial charge in [-0.25, -0.2) is 9.78 Å². The molecule has 4 atom stereocenters. The molecule has 3 aliphatic rings. The van der Waals surface area contributed by atoms with E-state index in [1.807, 2.05) is 25.1 Å². The molecule has 1 aromatic heterocycles. The Bertz CT molecular complexity index is 1410. The summed E-state index contributed by atoms with van der Waals surface area (Å²) in [5, 5.41) is 43.6. The molecule has 11 heteroatoms. The number of Topliss-reactive ketones (excluding diaryl/α,β-unsaturated/α-hetero) is 2. The molecule has 3 aliphatic carbocycles. The number of rotatable bonds is 4. The normalized spacial score (nSPS) is 27.2. The van der Waals surface area contributed by atoms with Gasteiger partial charge in [-0.05, 0) is 50.6 Å². The number of benzene rings is 1. The third-order valence-electron chi connectivity index (χ3n) is 7.72. The number of carbonyl (C=O) groups is 3. The van der Waals surface area contributed by atoms with E-state index in [0.717, 1.165) is 5.69 Å². The molecule has 37 heavy (non-hydrogen) atoms. The van der Waals surface area contributed by atoms with E-state index in [0.29, 0.717) is 17.5 Å². The van der Waals surface area contributed by atoms with Crippen molar-refractivity contribution in [1.82, 2.24) is 9.88 Å². The first kappa shape index (κ1) is 24.7. The maximum Gasteiger partial charge on any atom is 0.342 e. The summed E-state index contributed by atoms with van der Waals surface area (Å²) in [5.74, 6) is -6.74. The van der Waals surface area contributed by atoms with Gasteiger partial charge in [-0.15, -0.1) is 0 Å². The SMILES string of the molecule is CN(C)c1ccc(-c2ncco2)c2c1C[C@H]1C[C@H]3[C@H](N(C)C)C(O)=C(C(=O)O)C(=O)[C@@]3(O)C(O)=C1C2=O. The third kappa shape index (κ3) is 3.27. The molecular weight excluding hydrogens is 482 g/mol. The third-order valence-corrected chi connectivity index (χ3v) is 7.72. The average molecular weight is 510 g/mol. The zero-order valence-electron chi connectivity index (χ0n) is 20.7. The van der Waals surface area contributed by atoms with E-state index in [-0.39, 0.29) is 23.4 Å². The first-order valence-corrected chi connectivity index (χ1v) is 11.7. The van der Waals surface area contributed by atoms with E-state index in [9.17, 15) is 34.8 Å². The van der Waals surface area contributed by atoms with E-state index in [1.165, 1.54) is 17.4 Å². The summed E-state index contributed by atoms with van der Waals surface area (Å²) in [6.07, 6.45) is 3.15. The van der Waals surface area contributed by atoms with Gasteiger partial charge in [0, 0.05) is 42.4 Å². The predicted octanol–water partition coefficient (Wildman–Crippen LogP) is 1.74. The van der Waals surface area contributed by atoms with E-state index in [4.69, 9.17) is 4.42 Å². The molecule has 0 saturated carbocycles. The number of aliphatic hydroxyl groups is 3. The van der Waals surface area contributed by atoms with Crippen LogP contribution in [-0.2, 0) is 16.0 Å². The minimum absolute atomic E-state index is 0.0444. The van der Waals surface area contributed by atoms with E-state index >= 15 is 0 Å². The first-order valence-electron chi connectivity index (χ1n) is 11.7.